The van der Waals surface area contributed by atoms with Crippen LogP contribution in [0.15, 0.2) is 6.07 Å². The highest BCUT2D eigenvalue weighted by molar-refractivity contribution is 5.92. The molecule has 1 heterocycles. The van der Waals surface area contributed by atoms with Crippen LogP contribution in [0.25, 0.3) is 0 Å². The van der Waals surface area contributed by atoms with E-state index in [0.29, 0.717) is 18.2 Å². The summed E-state index contributed by atoms with van der Waals surface area (Å²) in [6, 6.07) is 1.82. The van der Waals surface area contributed by atoms with Crippen molar-refractivity contribution in [1.29, 1.82) is 0 Å². The van der Waals surface area contributed by atoms with Crippen molar-refractivity contribution in [3.8, 4) is 0 Å². The van der Waals surface area contributed by atoms with E-state index in [4.69, 9.17) is 0 Å². The highest BCUT2D eigenvalue weighted by Gasteiger charge is 2.15. The molecule has 1 aromatic heterocycles. The minimum absolute atomic E-state index is 0. The summed E-state index contributed by atoms with van der Waals surface area (Å²) in [5.41, 5.74) is 1.48. The van der Waals surface area contributed by atoms with Crippen molar-refractivity contribution in [3.63, 3.8) is 0 Å². The Morgan fingerprint density at radius 3 is 2.71 bits per heavy atom. The predicted molar refractivity (Wildman–Crippen MR) is 70.8 cm³/mol. The second-order valence-electron chi connectivity index (χ2n) is 4.19. The molecule has 98 valence electrons. The van der Waals surface area contributed by atoms with Crippen molar-refractivity contribution >= 4 is 18.3 Å². The van der Waals surface area contributed by atoms with Gasteiger partial charge in [0.1, 0.15) is 5.69 Å². The Morgan fingerprint density at radius 2 is 2.24 bits per heavy atom. The molecule has 5 nitrogen and oxygen atoms in total. The van der Waals surface area contributed by atoms with Crippen molar-refractivity contribution in [3.05, 3.63) is 17.5 Å². The molecule has 6 heteroatoms. The average molecular weight is 261 g/mol. The van der Waals surface area contributed by atoms with Gasteiger partial charge in [-0.1, -0.05) is 13.8 Å². The van der Waals surface area contributed by atoms with Crippen LogP contribution in [0.5, 0.6) is 0 Å². The maximum atomic E-state index is 11.9. The van der Waals surface area contributed by atoms with Crippen LogP contribution in [-0.2, 0) is 0 Å². The van der Waals surface area contributed by atoms with Gasteiger partial charge < -0.3 is 10.2 Å². The van der Waals surface area contributed by atoms with Crippen LogP contribution in [0.2, 0.25) is 0 Å². The molecule has 0 bridgehead atoms. The number of carbonyl (C=O) groups is 1. The number of H-pyrrole nitrogens is 1. The SMILES string of the molecule is CNCCN(C)C(=O)c1cc(C(C)C)[nH]n1.Cl. The summed E-state index contributed by atoms with van der Waals surface area (Å²) >= 11 is 0. The van der Waals surface area contributed by atoms with Gasteiger partial charge in [-0.25, -0.2) is 0 Å². The van der Waals surface area contributed by atoms with E-state index < -0.39 is 0 Å². The Labute approximate surface area is 108 Å². The highest BCUT2D eigenvalue weighted by atomic mass is 35.5. The number of hydrogen-bond acceptors (Lipinski definition) is 3. The van der Waals surface area contributed by atoms with Crippen LogP contribution in [0.1, 0.15) is 35.9 Å². The lowest BCUT2D eigenvalue weighted by Gasteiger charge is -2.14. The van der Waals surface area contributed by atoms with Gasteiger partial charge in [-0.2, -0.15) is 5.10 Å². The first-order chi connectivity index (χ1) is 7.56. The number of aromatic nitrogens is 2. The van der Waals surface area contributed by atoms with Gasteiger partial charge in [-0.15, -0.1) is 12.4 Å². The van der Waals surface area contributed by atoms with Gasteiger partial charge in [-0.3, -0.25) is 9.89 Å². The first-order valence-electron chi connectivity index (χ1n) is 5.51. The minimum Gasteiger partial charge on any atom is -0.339 e. The van der Waals surface area contributed by atoms with Gasteiger partial charge in [-0.05, 0) is 19.0 Å². The number of carbonyl (C=O) groups excluding carboxylic acids is 1. The molecule has 2 N–H and O–H groups in total. The lowest BCUT2D eigenvalue weighted by molar-refractivity contribution is 0.0791. The number of likely N-dealkylation sites (N-methyl/N-ethyl adjacent to an activating group) is 2. The van der Waals surface area contributed by atoms with Crippen LogP contribution < -0.4 is 5.32 Å². The molecular weight excluding hydrogens is 240 g/mol. The summed E-state index contributed by atoms with van der Waals surface area (Å²) in [4.78, 5) is 13.6. The molecule has 0 unspecified atom stereocenters. The Bertz CT molecular complexity index is 351. The topological polar surface area (TPSA) is 61.0 Å². The molecule has 0 saturated carbocycles. The fourth-order valence-corrected chi connectivity index (χ4v) is 1.32. The van der Waals surface area contributed by atoms with Gasteiger partial charge in [0, 0.05) is 25.8 Å². The number of nitrogens with zero attached hydrogens (tertiary/aromatic N) is 2. The Balaban J connectivity index is 0.00000256. The number of halogens is 1. The molecule has 0 radical (unpaired) electrons. The molecule has 17 heavy (non-hydrogen) atoms. The third-order valence-corrected chi connectivity index (χ3v) is 2.48. The van der Waals surface area contributed by atoms with E-state index in [9.17, 15) is 4.79 Å². The maximum absolute atomic E-state index is 11.9. The lowest BCUT2D eigenvalue weighted by Crippen LogP contribution is -2.32. The molecule has 0 aliphatic carbocycles. The number of amides is 1. The number of hydrogen-bond donors (Lipinski definition) is 2. The van der Waals surface area contributed by atoms with E-state index in [1.54, 1.807) is 11.9 Å². The van der Waals surface area contributed by atoms with E-state index in [1.165, 1.54) is 0 Å². The van der Waals surface area contributed by atoms with Gasteiger partial charge in [0.15, 0.2) is 0 Å². The molecule has 0 atom stereocenters. The maximum Gasteiger partial charge on any atom is 0.274 e. The molecule has 0 saturated heterocycles. The molecule has 0 aromatic carbocycles. The standard InChI is InChI=1S/C11H20N4O.ClH/c1-8(2)9-7-10(14-13-9)11(16)15(4)6-5-12-3;/h7-8,12H,5-6H2,1-4H3,(H,13,14);1H. The van der Waals surface area contributed by atoms with Crippen molar-refractivity contribution in [2.24, 2.45) is 0 Å². The monoisotopic (exact) mass is 260 g/mol. The summed E-state index contributed by atoms with van der Waals surface area (Å²) in [5.74, 6) is 0.315. The van der Waals surface area contributed by atoms with Crippen LogP contribution >= 0.6 is 12.4 Å². The van der Waals surface area contributed by atoms with E-state index in [-0.39, 0.29) is 18.3 Å². The van der Waals surface area contributed by atoms with Gasteiger partial charge in [0.25, 0.3) is 5.91 Å². The van der Waals surface area contributed by atoms with Crippen LogP contribution in [-0.4, -0.2) is 48.2 Å². The van der Waals surface area contributed by atoms with E-state index in [2.05, 4.69) is 29.4 Å². The van der Waals surface area contributed by atoms with E-state index in [0.717, 1.165) is 12.2 Å². The normalized spacial score (nSPS) is 10.2. The molecule has 1 amide bonds. The van der Waals surface area contributed by atoms with E-state index >= 15 is 0 Å². The third-order valence-electron chi connectivity index (χ3n) is 2.48. The van der Waals surface area contributed by atoms with Crippen LogP contribution in [0, 0.1) is 0 Å². The summed E-state index contributed by atoms with van der Waals surface area (Å²) in [6.07, 6.45) is 0. The van der Waals surface area contributed by atoms with Crippen molar-refractivity contribution in [2.75, 3.05) is 27.2 Å². The number of aromatic amines is 1. The summed E-state index contributed by atoms with van der Waals surface area (Å²) < 4.78 is 0. The lowest BCUT2D eigenvalue weighted by atomic mass is 10.1. The zero-order valence-corrected chi connectivity index (χ0v) is 11.6. The summed E-state index contributed by atoms with van der Waals surface area (Å²) in [5, 5.41) is 9.92. The Kier molecular flexibility index (Phi) is 6.83. The summed E-state index contributed by atoms with van der Waals surface area (Å²) in [7, 11) is 3.65. The van der Waals surface area contributed by atoms with Crippen LogP contribution in [0.3, 0.4) is 0 Å². The average Bonchev–Trinajstić information content (AvgIpc) is 2.74. The van der Waals surface area contributed by atoms with Crippen LogP contribution in [0.4, 0.5) is 0 Å². The molecule has 0 aliphatic rings. The summed E-state index contributed by atoms with van der Waals surface area (Å²) in [6.45, 7) is 5.59. The Hall–Kier alpha value is -1.07. The van der Waals surface area contributed by atoms with Crippen molar-refractivity contribution in [1.82, 2.24) is 20.4 Å². The highest BCUT2D eigenvalue weighted by Crippen LogP contribution is 2.12. The van der Waals surface area contributed by atoms with E-state index in [1.807, 2.05) is 13.1 Å². The second-order valence-corrected chi connectivity index (χ2v) is 4.19. The van der Waals surface area contributed by atoms with Gasteiger partial charge in [0.05, 0.1) is 0 Å². The van der Waals surface area contributed by atoms with Gasteiger partial charge >= 0.3 is 0 Å². The largest absolute Gasteiger partial charge is 0.339 e. The third kappa shape index (κ3) is 4.36. The Morgan fingerprint density at radius 1 is 1.59 bits per heavy atom. The fraction of sp³-hybridized carbons (Fsp3) is 0.636. The quantitative estimate of drug-likeness (QED) is 0.838. The number of rotatable bonds is 5. The second kappa shape index (κ2) is 7.29. The zero-order chi connectivity index (χ0) is 12.1. The molecule has 1 rings (SSSR count). The van der Waals surface area contributed by atoms with Gasteiger partial charge in [0.2, 0.25) is 0 Å². The number of nitrogens with one attached hydrogen (secondary N) is 2. The van der Waals surface area contributed by atoms with Crippen molar-refractivity contribution < 1.29 is 4.79 Å². The fourth-order valence-electron chi connectivity index (χ4n) is 1.32. The molecule has 1 aromatic rings. The minimum atomic E-state index is -0.0431. The first kappa shape index (κ1) is 15.9. The molecule has 0 spiro atoms. The molecule has 0 aliphatic heterocycles. The zero-order valence-electron chi connectivity index (χ0n) is 10.8. The van der Waals surface area contributed by atoms with Crippen molar-refractivity contribution in [2.45, 2.75) is 19.8 Å². The molecule has 0 fully saturated rings. The first-order valence-corrected chi connectivity index (χ1v) is 5.51. The molecular formula is C11H21ClN4O. The smallest absolute Gasteiger partial charge is 0.274 e. The predicted octanol–water partition coefficient (Wildman–Crippen LogP) is 1.25.